The van der Waals surface area contributed by atoms with E-state index in [-0.39, 0.29) is 18.5 Å². The van der Waals surface area contributed by atoms with Crippen LogP contribution in [-0.4, -0.2) is 34.5 Å². The monoisotopic (exact) mass is 261 g/mol. The lowest BCUT2D eigenvalue weighted by atomic mass is 10.1. The van der Waals surface area contributed by atoms with Crippen LogP contribution in [0, 0.1) is 12.8 Å². The second-order valence-electron chi connectivity index (χ2n) is 5.24. The first-order valence-electron chi connectivity index (χ1n) is 6.60. The van der Waals surface area contributed by atoms with Crippen LogP contribution < -0.4 is 0 Å². The van der Waals surface area contributed by atoms with Crippen molar-refractivity contribution in [3.63, 3.8) is 0 Å². The van der Waals surface area contributed by atoms with Crippen LogP contribution >= 0.6 is 0 Å². The molecule has 0 unspecified atom stereocenters. The van der Waals surface area contributed by atoms with E-state index >= 15 is 0 Å². The molecule has 1 aromatic carbocycles. The largest absolute Gasteiger partial charge is 0.481 e. The molecule has 0 aliphatic heterocycles. The summed E-state index contributed by atoms with van der Waals surface area (Å²) < 4.78 is 0. The number of carboxylic acid groups (broad SMARTS) is 1. The van der Waals surface area contributed by atoms with Gasteiger partial charge in [-0.3, -0.25) is 9.59 Å². The number of amides is 1. The highest BCUT2D eigenvalue weighted by Crippen LogP contribution is 2.29. The van der Waals surface area contributed by atoms with Gasteiger partial charge in [0.2, 0.25) is 0 Å². The Morgan fingerprint density at radius 2 is 2.00 bits per heavy atom. The Labute approximate surface area is 113 Å². The lowest BCUT2D eigenvalue weighted by Crippen LogP contribution is -2.38. The van der Waals surface area contributed by atoms with Crippen LogP contribution in [0.15, 0.2) is 24.3 Å². The molecule has 102 valence electrons. The molecule has 0 spiro atoms. The Hall–Kier alpha value is -1.84. The number of nitrogens with zero attached hydrogens (tertiary/aromatic N) is 1. The molecule has 0 aromatic heterocycles. The van der Waals surface area contributed by atoms with Crippen LogP contribution in [0.3, 0.4) is 0 Å². The van der Waals surface area contributed by atoms with Crippen LogP contribution in [-0.2, 0) is 4.79 Å². The molecule has 1 aliphatic rings. The van der Waals surface area contributed by atoms with Gasteiger partial charge in [0.05, 0.1) is 5.92 Å². The number of carbonyl (C=O) groups is 2. The Kier molecular flexibility index (Phi) is 3.88. The number of aliphatic carboxylic acids is 1. The number of benzene rings is 1. The first-order chi connectivity index (χ1) is 9.00. The molecule has 0 heterocycles. The lowest BCUT2D eigenvalue weighted by molar-refractivity contribution is -0.141. The van der Waals surface area contributed by atoms with Crippen molar-refractivity contribution in [2.45, 2.75) is 32.7 Å². The summed E-state index contributed by atoms with van der Waals surface area (Å²) in [5, 5.41) is 9.00. The zero-order valence-corrected chi connectivity index (χ0v) is 11.3. The Morgan fingerprint density at radius 3 is 2.53 bits per heavy atom. The van der Waals surface area contributed by atoms with Crippen molar-refractivity contribution in [3.8, 4) is 0 Å². The summed E-state index contributed by atoms with van der Waals surface area (Å²) in [4.78, 5) is 25.2. The Balaban J connectivity index is 2.18. The first-order valence-corrected chi connectivity index (χ1v) is 6.60. The summed E-state index contributed by atoms with van der Waals surface area (Å²) in [6, 6.07) is 7.66. The van der Waals surface area contributed by atoms with E-state index in [1.165, 1.54) is 0 Å². The average Bonchev–Trinajstić information content (AvgIpc) is 3.19. The molecule has 0 radical (unpaired) electrons. The van der Waals surface area contributed by atoms with Gasteiger partial charge >= 0.3 is 5.97 Å². The molecular weight excluding hydrogens is 242 g/mol. The number of rotatable bonds is 5. The molecule has 1 saturated carbocycles. The molecule has 1 aromatic rings. The molecule has 1 fully saturated rings. The van der Waals surface area contributed by atoms with Gasteiger partial charge in [0.25, 0.3) is 5.91 Å². The number of aryl methyl sites for hydroxylation is 1. The summed E-state index contributed by atoms with van der Waals surface area (Å²) in [6.07, 6.45) is 1.95. The highest BCUT2D eigenvalue weighted by atomic mass is 16.4. The van der Waals surface area contributed by atoms with Gasteiger partial charge in [0, 0.05) is 18.2 Å². The van der Waals surface area contributed by atoms with Crippen LogP contribution in [0.2, 0.25) is 0 Å². The number of hydrogen-bond donors (Lipinski definition) is 1. The molecule has 2 rings (SSSR count). The van der Waals surface area contributed by atoms with Crippen LogP contribution in [0.4, 0.5) is 0 Å². The third-order valence-corrected chi connectivity index (χ3v) is 3.52. The van der Waals surface area contributed by atoms with Crippen LogP contribution in [0.1, 0.15) is 35.7 Å². The maximum atomic E-state index is 12.5. The van der Waals surface area contributed by atoms with E-state index in [1.807, 2.05) is 25.1 Å². The summed E-state index contributed by atoms with van der Waals surface area (Å²) in [5.74, 6) is -1.44. The van der Waals surface area contributed by atoms with Crippen LogP contribution in [0.25, 0.3) is 0 Å². The third kappa shape index (κ3) is 3.13. The second kappa shape index (κ2) is 5.43. The predicted molar refractivity (Wildman–Crippen MR) is 72.0 cm³/mol. The smallest absolute Gasteiger partial charge is 0.308 e. The van der Waals surface area contributed by atoms with Crippen molar-refractivity contribution < 1.29 is 14.7 Å². The van der Waals surface area contributed by atoms with Gasteiger partial charge < -0.3 is 10.0 Å². The summed E-state index contributed by atoms with van der Waals surface area (Å²) in [7, 11) is 0. The molecule has 1 atom stereocenters. The summed E-state index contributed by atoms with van der Waals surface area (Å²) in [6.45, 7) is 3.83. The van der Waals surface area contributed by atoms with Gasteiger partial charge in [-0.15, -0.1) is 0 Å². The van der Waals surface area contributed by atoms with Crippen LogP contribution in [0.5, 0.6) is 0 Å². The highest BCUT2D eigenvalue weighted by Gasteiger charge is 2.35. The van der Waals surface area contributed by atoms with E-state index in [2.05, 4.69) is 0 Å². The van der Waals surface area contributed by atoms with Gasteiger partial charge in [-0.25, -0.2) is 0 Å². The molecule has 0 bridgehead atoms. The maximum absolute atomic E-state index is 12.5. The van der Waals surface area contributed by atoms with Crippen molar-refractivity contribution in [2.75, 3.05) is 6.54 Å². The van der Waals surface area contributed by atoms with E-state index in [0.29, 0.717) is 5.56 Å². The van der Waals surface area contributed by atoms with Crippen molar-refractivity contribution in [1.29, 1.82) is 0 Å². The first kappa shape index (κ1) is 13.6. The van der Waals surface area contributed by atoms with Gasteiger partial charge in [-0.2, -0.15) is 0 Å². The average molecular weight is 261 g/mol. The Morgan fingerprint density at radius 1 is 1.37 bits per heavy atom. The topological polar surface area (TPSA) is 57.6 Å². The number of carbonyl (C=O) groups excluding carboxylic acids is 1. The minimum atomic E-state index is -0.858. The zero-order valence-electron chi connectivity index (χ0n) is 11.3. The van der Waals surface area contributed by atoms with Crippen molar-refractivity contribution >= 4 is 11.9 Å². The van der Waals surface area contributed by atoms with Crippen molar-refractivity contribution in [1.82, 2.24) is 4.90 Å². The zero-order chi connectivity index (χ0) is 14.0. The van der Waals surface area contributed by atoms with Gasteiger partial charge in [0.1, 0.15) is 0 Å². The van der Waals surface area contributed by atoms with Crippen molar-refractivity contribution in [2.24, 2.45) is 5.92 Å². The third-order valence-electron chi connectivity index (χ3n) is 3.52. The van der Waals surface area contributed by atoms with E-state index in [9.17, 15) is 9.59 Å². The Bertz CT molecular complexity index is 494. The fourth-order valence-electron chi connectivity index (χ4n) is 2.12. The predicted octanol–water partition coefficient (Wildman–Crippen LogP) is 2.32. The van der Waals surface area contributed by atoms with E-state index in [0.717, 1.165) is 18.4 Å². The molecule has 1 amide bonds. The quantitative estimate of drug-likeness (QED) is 0.885. The standard InChI is InChI=1S/C15H19NO3/c1-10-5-3-4-6-13(10)14(17)16(12-7-8-12)9-11(2)15(18)19/h3-6,11-12H,7-9H2,1-2H3,(H,18,19)/t11-/m1/s1. The highest BCUT2D eigenvalue weighted by molar-refractivity contribution is 5.96. The fourth-order valence-corrected chi connectivity index (χ4v) is 2.12. The number of hydrogen-bond acceptors (Lipinski definition) is 2. The van der Waals surface area contributed by atoms with E-state index < -0.39 is 11.9 Å². The number of carboxylic acids is 1. The molecule has 19 heavy (non-hydrogen) atoms. The van der Waals surface area contributed by atoms with Gasteiger partial charge in [-0.1, -0.05) is 25.1 Å². The molecule has 1 aliphatic carbocycles. The summed E-state index contributed by atoms with van der Waals surface area (Å²) in [5.41, 5.74) is 1.60. The summed E-state index contributed by atoms with van der Waals surface area (Å²) >= 11 is 0. The van der Waals surface area contributed by atoms with E-state index in [4.69, 9.17) is 5.11 Å². The van der Waals surface area contributed by atoms with E-state index in [1.54, 1.807) is 17.9 Å². The van der Waals surface area contributed by atoms with Gasteiger partial charge in [0.15, 0.2) is 0 Å². The molecule has 4 heteroatoms. The lowest BCUT2D eigenvalue weighted by Gasteiger charge is -2.25. The minimum Gasteiger partial charge on any atom is -0.481 e. The minimum absolute atomic E-state index is 0.0475. The maximum Gasteiger partial charge on any atom is 0.308 e. The molecule has 4 nitrogen and oxygen atoms in total. The van der Waals surface area contributed by atoms with Gasteiger partial charge in [-0.05, 0) is 31.4 Å². The fraction of sp³-hybridized carbons (Fsp3) is 0.467. The molecule has 0 saturated heterocycles. The SMILES string of the molecule is Cc1ccccc1C(=O)N(C[C@@H](C)C(=O)O)C1CC1. The normalized spacial score (nSPS) is 15.9. The van der Waals surface area contributed by atoms with Crippen molar-refractivity contribution in [3.05, 3.63) is 35.4 Å². The molecule has 1 N–H and O–H groups in total. The second-order valence-corrected chi connectivity index (χ2v) is 5.24. The molecular formula is C15H19NO3.